The number of aliphatic hydroxyl groups is 1. The van der Waals surface area contributed by atoms with Crippen LogP contribution in [0.3, 0.4) is 0 Å². The van der Waals surface area contributed by atoms with Crippen molar-refractivity contribution < 1.29 is 14.6 Å². The highest BCUT2D eigenvalue weighted by atomic mass is 32.2. The highest BCUT2D eigenvalue weighted by Gasteiger charge is 2.36. The molecule has 5 nitrogen and oxygen atoms in total. The fourth-order valence-corrected chi connectivity index (χ4v) is 3.21. The van der Waals surface area contributed by atoms with Crippen LogP contribution in [0.4, 0.5) is 10.5 Å². The molecule has 6 heteroatoms. The molecule has 1 aromatic rings. The van der Waals surface area contributed by atoms with E-state index < -0.39 is 11.7 Å². The Morgan fingerprint density at radius 2 is 1.95 bits per heavy atom. The monoisotopic (exact) mass is 310 g/mol. The third-order valence-corrected chi connectivity index (χ3v) is 4.37. The van der Waals surface area contributed by atoms with Crippen LogP contribution in [0.15, 0.2) is 29.2 Å². The van der Waals surface area contributed by atoms with E-state index in [-0.39, 0.29) is 11.3 Å². The molecule has 2 rings (SSSR count). The Bertz CT molecular complexity index is 499. The number of carbonyl (C=O) groups excluding carboxylic acids is 1. The summed E-state index contributed by atoms with van der Waals surface area (Å²) >= 11 is 1.55. The molecule has 1 aliphatic rings. The van der Waals surface area contributed by atoms with E-state index in [0.717, 1.165) is 4.90 Å². The molecule has 0 aliphatic carbocycles. The van der Waals surface area contributed by atoms with Crippen molar-refractivity contribution in [3.05, 3.63) is 24.3 Å². The Morgan fingerprint density at radius 1 is 1.33 bits per heavy atom. The van der Waals surface area contributed by atoms with Crippen molar-refractivity contribution in [2.24, 2.45) is 0 Å². The maximum absolute atomic E-state index is 12.0. The maximum atomic E-state index is 12.0. The molecule has 1 aliphatic heterocycles. The van der Waals surface area contributed by atoms with Crippen LogP contribution in [-0.4, -0.2) is 46.1 Å². The number of thioether (sulfide) groups is 1. The van der Waals surface area contributed by atoms with E-state index in [1.54, 1.807) is 16.7 Å². The molecule has 116 valence electrons. The van der Waals surface area contributed by atoms with Crippen LogP contribution in [0.2, 0.25) is 0 Å². The van der Waals surface area contributed by atoms with Gasteiger partial charge >= 0.3 is 6.09 Å². The van der Waals surface area contributed by atoms with Gasteiger partial charge in [0.1, 0.15) is 5.60 Å². The smallest absolute Gasteiger partial charge is 0.410 e. The number of benzene rings is 1. The molecule has 0 spiro atoms. The van der Waals surface area contributed by atoms with Crippen molar-refractivity contribution in [3.63, 3.8) is 0 Å². The minimum Gasteiger partial charge on any atom is -0.444 e. The van der Waals surface area contributed by atoms with Crippen molar-refractivity contribution in [2.45, 2.75) is 42.6 Å². The first-order chi connectivity index (χ1) is 9.74. The lowest BCUT2D eigenvalue weighted by Gasteiger charge is -2.24. The Kier molecular flexibility index (Phi) is 4.68. The molecule has 1 heterocycles. The Labute approximate surface area is 129 Å². The molecular formula is C15H22N2O3S. The van der Waals surface area contributed by atoms with Crippen molar-refractivity contribution in [1.82, 2.24) is 4.90 Å². The number of aliphatic hydroxyl groups excluding tert-OH is 1. The fraction of sp³-hybridized carbons (Fsp3) is 0.533. The molecule has 0 unspecified atom stereocenters. The van der Waals surface area contributed by atoms with E-state index in [1.165, 1.54) is 0 Å². The van der Waals surface area contributed by atoms with Crippen LogP contribution in [0, 0.1) is 0 Å². The molecule has 1 aromatic carbocycles. The number of likely N-dealkylation sites (tertiary alicyclic amines) is 1. The van der Waals surface area contributed by atoms with Crippen LogP contribution >= 0.6 is 11.8 Å². The number of nitrogens with zero attached hydrogens (tertiary/aromatic N) is 1. The number of β-amino-alcohol motifs (C(OH)–C–C–N with tert-alkyl or cyclic N) is 1. The van der Waals surface area contributed by atoms with Crippen molar-refractivity contribution in [3.8, 4) is 0 Å². The first kappa shape index (κ1) is 16.0. The van der Waals surface area contributed by atoms with Gasteiger partial charge in [-0.1, -0.05) is 0 Å². The summed E-state index contributed by atoms with van der Waals surface area (Å²) in [6.45, 7) is 6.28. The van der Waals surface area contributed by atoms with Crippen LogP contribution in [0.1, 0.15) is 20.8 Å². The van der Waals surface area contributed by atoms with Crippen molar-refractivity contribution in [2.75, 3.05) is 18.8 Å². The summed E-state index contributed by atoms with van der Waals surface area (Å²) in [6.07, 6.45) is -0.929. The summed E-state index contributed by atoms with van der Waals surface area (Å²) in [5, 5.41) is 10.1. The topological polar surface area (TPSA) is 75.8 Å². The van der Waals surface area contributed by atoms with E-state index in [2.05, 4.69) is 0 Å². The largest absolute Gasteiger partial charge is 0.444 e. The van der Waals surface area contributed by atoms with E-state index >= 15 is 0 Å². The van der Waals surface area contributed by atoms with Crippen LogP contribution in [0.5, 0.6) is 0 Å². The minimum atomic E-state index is -0.555. The number of carbonyl (C=O) groups is 1. The zero-order valence-corrected chi connectivity index (χ0v) is 13.4. The number of hydrogen-bond acceptors (Lipinski definition) is 5. The van der Waals surface area contributed by atoms with Gasteiger partial charge in [0.15, 0.2) is 0 Å². The van der Waals surface area contributed by atoms with Gasteiger partial charge in [0.2, 0.25) is 0 Å². The molecule has 1 fully saturated rings. The van der Waals surface area contributed by atoms with Crippen LogP contribution in [-0.2, 0) is 4.74 Å². The number of ether oxygens (including phenoxy) is 1. The second kappa shape index (κ2) is 6.15. The highest BCUT2D eigenvalue weighted by Crippen LogP contribution is 2.31. The molecule has 1 saturated heterocycles. The summed E-state index contributed by atoms with van der Waals surface area (Å²) in [7, 11) is 0. The molecule has 0 aromatic heterocycles. The third-order valence-electron chi connectivity index (χ3n) is 3.06. The molecular weight excluding hydrogens is 288 g/mol. The Balaban J connectivity index is 1.94. The lowest BCUT2D eigenvalue weighted by atomic mass is 10.2. The van der Waals surface area contributed by atoms with E-state index in [1.807, 2.05) is 45.0 Å². The normalized spacial score (nSPS) is 22.4. The standard InChI is InChI=1S/C15H22N2O3S/c1-15(2,3)20-14(19)17-8-12(18)13(9-17)21-11-6-4-10(16)5-7-11/h4-7,12-13,18H,8-9,16H2,1-3H3/t12-,13-/m1/s1. The molecule has 0 bridgehead atoms. The number of nitrogens with two attached hydrogens (primary N) is 1. The number of nitrogen functional groups attached to an aromatic ring is 1. The van der Waals surface area contributed by atoms with Crippen molar-refractivity contribution in [1.29, 1.82) is 0 Å². The quantitative estimate of drug-likeness (QED) is 0.820. The predicted octanol–water partition coefficient (Wildman–Crippen LogP) is 2.34. The minimum absolute atomic E-state index is 0.0545. The summed E-state index contributed by atoms with van der Waals surface area (Å²) < 4.78 is 5.33. The van der Waals surface area contributed by atoms with E-state index in [0.29, 0.717) is 18.8 Å². The first-order valence-corrected chi connectivity index (χ1v) is 7.81. The zero-order chi connectivity index (χ0) is 15.6. The summed E-state index contributed by atoms with van der Waals surface area (Å²) in [5.74, 6) is 0. The van der Waals surface area contributed by atoms with Gasteiger partial charge in [-0.15, -0.1) is 11.8 Å². The molecule has 2 atom stereocenters. The van der Waals surface area contributed by atoms with E-state index in [9.17, 15) is 9.90 Å². The summed E-state index contributed by atoms with van der Waals surface area (Å²) in [5.41, 5.74) is 5.84. The average Bonchev–Trinajstić information content (AvgIpc) is 2.72. The number of anilines is 1. The predicted molar refractivity (Wildman–Crippen MR) is 84.3 cm³/mol. The Morgan fingerprint density at radius 3 is 2.52 bits per heavy atom. The molecule has 1 amide bonds. The second-order valence-corrected chi connectivity index (χ2v) is 7.49. The van der Waals surface area contributed by atoms with Gasteiger partial charge in [0.05, 0.1) is 17.9 Å². The fourth-order valence-electron chi connectivity index (χ4n) is 2.07. The number of amides is 1. The van der Waals surface area contributed by atoms with Gasteiger partial charge in [0, 0.05) is 17.1 Å². The first-order valence-electron chi connectivity index (χ1n) is 6.93. The van der Waals surface area contributed by atoms with Gasteiger partial charge in [-0.2, -0.15) is 0 Å². The van der Waals surface area contributed by atoms with Gasteiger partial charge in [-0.05, 0) is 45.0 Å². The lowest BCUT2D eigenvalue weighted by Crippen LogP contribution is -2.35. The lowest BCUT2D eigenvalue weighted by molar-refractivity contribution is 0.0270. The molecule has 3 N–H and O–H groups in total. The summed E-state index contributed by atoms with van der Waals surface area (Å²) in [4.78, 5) is 14.6. The van der Waals surface area contributed by atoms with Crippen molar-refractivity contribution >= 4 is 23.5 Å². The molecule has 21 heavy (non-hydrogen) atoms. The average molecular weight is 310 g/mol. The second-order valence-electron chi connectivity index (χ2n) is 6.18. The Hall–Kier alpha value is -1.40. The van der Waals surface area contributed by atoms with Gasteiger partial charge in [-0.3, -0.25) is 0 Å². The van der Waals surface area contributed by atoms with Gasteiger partial charge in [-0.25, -0.2) is 4.79 Å². The zero-order valence-electron chi connectivity index (χ0n) is 12.6. The van der Waals surface area contributed by atoms with Gasteiger partial charge < -0.3 is 20.5 Å². The number of hydrogen-bond donors (Lipinski definition) is 2. The van der Waals surface area contributed by atoms with Crippen LogP contribution < -0.4 is 5.73 Å². The van der Waals surface area contributed by atoms with E-state index in [4.69, 9.17) is 10.5 Å². The third kappa shape index (κ3) is 4.54. The van der Waals surface area contributed by atoms with Gasteiger partial charge in [0.25, 0.3) is 0 Å². The highest BCUT2D eigenvalue weighted by molar-refractivity contribution is 8.00. The summed E-state index contributed by atoms with van der Waals surface area (Å²) in [6, 6.07) is 7.50. The number of rotatable bonds is 2. The van der Waals surface area contributed by atoms with Crippen LogP contribution in [0.25, 0.3) is 0 Å². The SMILES string of the molecule is CC(C)(C)OC(=O)N1C[C@@H](O)[C@H](Sc2ccc(N)cc2)C1. The maximum Gasteiger partial charge on any atom is 0.410 e. The molecule has 0 radical (unpaired) electrons. The molecule has 0 saturated carbocycles.